The lowest BCUT2D eigenvalue weighted by molar-refractivity contribution is -0.120. The number of hydrogen-bond donors (Lipinski definition) is 2. The van der Waals surface area contributed by atoms with Gasteiger partial charge in [-0.2, -0.15) is 5.10 Å². The molecule has 24 heavy (non-hydrogen) atoms. The lowest BCUT2D eigenvalue weighted by Crippen LogP contribution is -2.42. The molecule has 1 aromatic carbocycles. The Hall–Kier alpha value is -2.41. The molecular formula is C17H23FN4O2. The molecular weight excluding hydrogens is 311 g/mol. The molecule has 1 heterocycles. The highest BCUT2D eigenvalue weighted by Gasteiger charge is 2.14. The molecule has 1 amide bonds. The van der Waals surface area contributed by atoms with Crippen molar-refractivity contribution in [3.05, 3.63) is 48.5 Å². The van der Waals surface area contributed by atoms with Gasteiger partial charge in [0.2, 0.25) is 5.91 Å². The zero-order valence-electron chi connectivity index (χ0n) is 13.9. The minimum atomic E-state index is -0.305. The smallest absolute Gasteiger partial charge is 0.234 e. The third-order valence-electron chi connectivity index (χ3n) is 3.76. The Morgan fingerprint density at radius 3 is 2.75 bits per heavy atom. The first-order valence-electron chi connectivity index (χ1n) is 7.94. The van der Waals surface area contributed by atoms with Crippen molar-refractivity contribution in [1.82, 2.24) is 20.4 Å². The van der Waals surface area contributed by atoms with Gasteiger partial charge in [-0.25, -0.2) is 4.39 Å². The monoisotopic (exact) mass is 334 g/mol. The molecule has 2 atom stereocenters. The van der Waals surface area contributed by atoms with Crippen LogP contribution in [-0.4, -0.2) is 41.4 Å². The van der Waals surface area contributed by atoms with Crippen molar-refractivity contribution >= 4 is 5.91 Å². The molecule has 0 aliphatic rings. The van der Waals surface area contributed by atoms with Crippen LogP contribution in [0.1, 0.15) is 19.9 Å². The van der Waals surface area contributed by atoms with Crippen LogP contribution in [0.2, 0.25) is 0 Å². The van der Waals surface area contributed by atoms with Crippen molar-refractivity contribution in [2.24, 2.45) is 0 Å². The number of aromatic nitrogens is 2. The molecule has 0 bridgehead atoms. The zero-order valence-corrected chi connectivity index (χ0v) is 13.9. The minimum Gasteiger partial charge on any atom is -0.492 e. The van der Waals surface area contributed by atoms with E-state index in [1.807, 2.05) is 30.8 Å². The summed E-state index contributed by atoms with van der Waals surface area (Å²) >= 11 is 0. The zero-order chi connectivity index (χ0) is 17.4. The molecule has 0 aliphatic heterocycles. The van der Waals surface area contributed by atoms with Crippen LogP contribution in [-0.2, 0) is 4.79 Å². The number of halogens is 1. The first-order valence-corrected chi connectivity index (χ1v) is 7.94. The predicted molar refractivity (Wildman–Crippen MR) is 89.3 cm³/mol. The highest BCUT2D eigenvalue weighted by atomic mass is 19.1. The molecule has 2 N–H and O–H groups in total. The van der Waals surface area contributed by atoms with E-state index in [4.69, 9.17) is 4.74 Å². The van der Waals surface area contributed by atoms with Crippen molar-refractivity contribution in [3.63, 3.8) is 0 Å². The summed E-state index contributed by atoms with van der Waals surface area (Å²) in [6.07, 6.45) is 3.63. The van der Waals surface area contributed by atoms with Crippen LogP contribution in [0.3, 0.4) is 0 Å². The Morgan fingerprint density at radius 2 is 2.08 bits per heavy atom. The third kappa shape index (κ3) is 5.66. The van der Waals surface area contributed by atoms with Gasteiger partial charge >= 0.3 is 0 Å². The van der Waals surface area contributed by atoms with Crippen molar-refractivity contribution in [1.29, 1.82) is 0 Å². The van der Waals surface area contributed by atoms with Gasteiger partial charge in [0.25, 0.3) is 0 Å². The lowest BCUT2D eigenvalue weighted by atomic mass is 10.2. The number of carbonyl (C=O) groups excluding carboxylic acids is 1. The van der Waals surface area contributed by atoms with Crippen LogP contribution in [0.25, 0.3) is 0 Å². The number of ether oxygens (including phenoxy) is 1. The second-order valence-electron chi connectivity index (χ2n) is 5.55. The summed E-state index contributed by atoms with van der Waals surface area (Å²) < 4.78 is 20.0. The molecule has 0 saturated carbocycles. The second-order valence-corrected chi connectivity index (χ2v) is 5.55. The Labute approximate surface area is 141 Å². The van der Waals surface area contributed by atoms with Crippen molar-refractivity contribution in [2.45, 2.75) is 25.9 Å². The quantitative estimate of drug-likeness (QED) is 0.686. The average molecular weight is 334 g/mol. The molecule has 6 nitrogen and oxygen atoms in total. The maximum absolute atomic E-state index is 12.8. The van der Waals surface area contributed by atoms with Crippen LogP contribution in [0.15, 0.2) is 42.7 Å². The molecule has 0 fully saturated rings. The van der Waals surface area contributed by atoms with Crippen LogP contribution >= 0.6 is 0 Å². The van der Waals surface area contributed by atoms with E-state index in [0.29, 0.717) is 18.9 Å². The Kier molecular flexibility index (Phi) is 6.74. The highest BCUT2D eigenvalue weighted by molar-refractivity contribution is 5.77. The van der Waals surface area contributed by atoms with Gasteiger partial charge in [0.15, 0.2) is 0 Å². The van der Waals surface area contributed by atoms with E-state index in [1.165, 1.54) is 12.1 Å². The molecule has 2 aromatic rings. The minimum absolute atomic E-state index is 0.0998. The van der Waals surface area contributed by atoms with Crippen LogP contribution in [0.5, 0.6) is 5.75 Å². The lowest BCUT2D eigenvalue weighted by Gasteiger charge is -2.21. The maximum Gasteiger partial charge on any atom is 0.234 e. The van der Waals surface area contributed by atoms with Crippen LogP contribution in [0, 0.1) is 5.82 Å². The van der Waals surface area contributed by atoms with Crippen molar-refractivity contribution < 1.29 is 13.9 Å². The van der Waals surface area contributed by atoms with E-state index in [-0.39, 0.29) is 30.4 Å². The normalized spacial score (nSPS) is 13.3. The summed E-state index contributed by atoms with van der Waals surface area (Å²) in [5.41, 5.74) is 0. The van der Waals surface area contributed by atoms with E-state index >= 15 is 0 Å². The summed E-state index contributed by atoms with van der Waals surface area (Å²) in [5, 5.41) is 10.1. The van der Waals surface area contributed by atoms with E-state index in [1.54, 1.807) is 18.3 Å². The van der Waals surface area contributed by atoms with Gasteiger partial charge in [0, 0.05) is 18.4 Å². The molecule has 130 valence electrons. The van der Waals surface area contributed by atoms with Crippen LogP contribution in [0.4, 0.5) is 4.39 Å². The van der Waals surface area contributed by atoms with Gasteiger partial charge < -0.3 is 15.4 Å². The first kappa shape index (κ1) is 17.9. The van der Waals surface area contributed by atoms with E-state index in [9.17, 15) is 9.18 Å². The van der Waals surface area contributed by atoms with Gasteiger partial charge in [0.1, 0.15) is 18.2 Å². The predicted octanol–water partition coefficient (Wildman–Crippen LogP) is 1.76. The number of benzene rings is 1. The standard InChI is InChI=1S/C17H23FN4O2/c1-13(14(2)22-10-3-8-21-22)20-12-17(23)19-9-11-24-16-6-4-15(18)5-7-16/h3-8,10,13-14,20H,9,11-12H2,1-2H3,(H,19,23)/t13-,14+/m0/s1. The summed E-state index contributed by atoms with van der Waals surface area (Å²) in [5.74, 6) is 0.169. The van der Waals surface area contributed by atoms with E-state index < -0.39 is 0 Å². The fraction of sp³-hybridized carbons (Fsp3) is 0.412. The van der Waals surface area contributed by atoms with Crippen LogP contribution < -0.4 is 15.4 Å². The number of hydrogen-bond acceptors (Lipinski definition) is 4. The van der Waals surface area contributed by atoms with Gasteiger partial charge in [-0.3, -0.25) is 9.48 Å². The van der Waals surface area contributed by atoms with Crippen molar-refractivity contribution in [3.8, 4) is 5.75 Å². The first-order chi connectivity index (χ1) is 11.6. The average Bonchev–Trinajstić information content (AvgIpc) is 3.12. The highest BCUT2D eigenvalue weighted by Crippen LogP contribution is 2.10. The maximum atomic E-state index is 12.8. The van der Waals surface area contributed by atoms with E-state index in [0.717, 1.165) is 0 Å². The number of nitrogens with one attached hydrogen (secondary N) is 2. The summed E-state index contributed by atoms with van der Waals surface area (Å²) in [4.78, 5) is 11.8. The fourth-order valence-corrected chi connectivity index (χ4v) is 2.13. The summed E-state index contributed by atoms with van der Waals surface area (Å²) in [7, 11) is 0. The molecule has 0 spiro atoms. The fourth-order valence-electron chi connectivity index (χ4n) is 2.13. The number of carbonyl (C=O) groups is 1. The SMILES string of the molecule is C[C@H](NCC(=O)NCCOc1ccc(F)cc1)[C@@H](C)n1cccn1. The molecule has 1 aromatic heterocycles. The van der Waals surface area contributed by atoms with E-state index in [2.05, 4.69) is 15.7 Å². The molecule has 0 aliphatic carbocycles. The molecule has 0 unspecified atom stereocenters. The molecule has 7 heteroatoms. The van der Waals surface area contributed by atoms with Gasteiger partial charge in [-0.15, -0.1) is 0 Å². The molecule has 0 radical (unpaired) electrons. The Balaban J connectivity index is 1.60. The summed E-state index contributed by atoms with van der Waals surface area (Å²) in [6, 6.07) is 7.89. The number of amides is 1. The summed E-state index contributed by atoms with van der Waals surface area (Å²) in [6.45, 7) is 5.00. The van der Waals surface area contributed by atoms with Gasteiger partial charge in [-0.05, 0) is 44.2 Å². The Morgan fingerprint density at radius 1 is 1.33 bits per heavy atom. The third-order valence-corrected chi connectivity index (χ3v) is 3.76. The van der Waals surface area contributed by atoms with Crippen molar-refractivity contribution in [2.75, 3.05) is 19.7 Å². The van der Waals surface area contributed by atoms with Gasteiger partial charge in [0.05, 0.1) is 19.1 Å². The topological polar surface area (TPSA) is 68.2 Å². The number of rotatable bonds is 9. The second kappa shape index (κ2) is 9.02. The molecule has 2 rings (SSSR count). The number of nitrogens with zero attached hydrogens (tertiary/aromatic N) is 2. The van der Waals surface area contributed by atoms with Gasteiger partial charge in [-0.1, -0.05) is 0 Å². The largest absolute Gasteiger partial charge is 0.492 e. The Bertz CT molecular complexity index is 616. The molecule has 0 saturated heterocycles.